The summed E-state index contributed by atoms with van der Waals surface area (Å²) in [6, 6.07) is 0. The molecular weight excluding hydrogens is 197 g/mol. The second-order valence-corrected chi connectivity index (χ2v) is 4.06. The van der Waals surface area contributed by atoms with Crippen molar-refractivity contribution < 1.29 is 24.3 Å². The average Bonchev–Trinajstić information content (AvgIpc) is 1.98. The predicted molar refractivity (Wildman–Crippen MR) is 46.1 cm³/mol. The maximum Gasteiger partial charge on any atom is 0.401 e. The molecule has 7 heteroatoms. The van der Waals surface area contributed by atoms with Gasteiger partial charge in [-0.1, -0.05) is 13.8 Å². The van der Waals surface area contributed by atoms with Crippen LogP contribution in [0.3, 0.4) is 0 Å². The monoisotopic (exact) mass is 211 g/mol. The standard InChI is InChI=1S/C6H14NO5P/c1-3-6(4-2,5(8)9)7-13(10,11)12/h3-4H2,1-2H3,(H,8,9)(H3,7,10,11,12). The van der Waals surface area contributed by atoms with Crippen LogP contribution in [-0.2, 0) is 9.36 Å². The minimum Gasteiger partial charge on any atom is -0.480 e. The molecule has 0 aromatic heterocycles. The summed E-state index contributed by atoms with van der Waals surface area (Å²) in [5.74, 6) is -1.25. The fourth-order valence-electron chi connectivity index (χ4n) is 1.04. The molecule has 0 saturated carbocycles. The molecule has 4 N–H and O–H groups in total. The molecule has 0 aliphatic carbocycles. The summed E-state index contributed by atoms with van der Waals surface area (Å²) < 4.78 is 10.6. The van der Waals surface area contributed by atoms with Crippen molar-refractivity contribution in [1.82, 2.24) is 5.09 Å². The first-order valence-corrected chi connectivity index (χ1v) is 5.47. The molecule has 0 aromatic rings. The van der Waals surface area contributed by atoms with Gasteiger partial charge in [-0.2, -0.15) is 0 Å². The number of carboxylic acids is 1. The third-order valence-electron chi connectivity index (χ3n) is 1.98. The summed E-state index contributed by atoms with van der Waals surface area (Å²) in [6.07, 6.45) is 0.230. The van der Waals surface area contributed by atoms with Gasteiger partial charge in [0.2, 0.25) is 0 Å². The first-order valence-electron chi connectivity index (χ1n) is 3.86. The Balaban J connectivity index is 4.79. The maximum absolute atomic E-state index is 10.8. The molecule has 78 valence electrons. The summed E-state index contributed by atoms with van der Waals surface area (Å²) in [5, 5.41) is 10.6. The Bertz CT molecular complexity index is 231. The lowest BCUT2D eigenvalue weighted by Gasteiger charge is -2.28. The van der Waals surface area contributed by atoms with Crippen molar-refractivity contribution in [3.63, 3.8) is 0 Å². The highest BCUT2D eigenvalue weighted by Gasteiger charge is 2.39. The lowest BCUT2D eigenvalue weighted by molar-refractivity contribution is -0.144. The topological polar surface area (TPSA) is 107 Å². The van der Waals surface area contributed by atoms with Crippen molar-refractivity contribution in [2.45, 2.75) is 32.2 Å². The van der Waals surface area contributed by atoms with E-state index in [1.54, 1.807) is 13.8 Å². The Morgan fingerprint density at radius 3 is 1.85 bits per heavy atom. The van der Waals surface area contributed by atoms with Gasteiger partial charge in [0.1, 0.15) is 5.54 Å². The molecule has 0 bridgehead atoms. The van der Waals surface area contributed by atoms with E-state index in [0.717, 1.165) is 0 Å². The molecular formula is C6H14NO5P. The number of hydrogen-bond donors (Lipinski definition) is 4. The molecule has 0 radical (unpaired) electrons. The van der Waals surface area contributed by atoms with Crippen LogP contribution in [0.15, 0.2) is 0 Å². The molecule has 0 fully saturated rings. The van der Waals surface area contributed by atoms with Crippen molar-refractivity contribution >= 4 is 13.7 Å². The van der Waals surface area contributed by atoms with Crippen LogP contribution >= 0.6 is 7.75 Å². The molecule has 0 aliphatic rings. The molecule has 0 atom stereocenters. The third-order valence-corrected chi connectivity index (χ3v) is 2.70. The van der Waals surface area contributed by atoms with Crippen LogP contribution in [0.2, 0.25) is 0 Å². The van der Waals surface area contributed by atoms with Crippen LogP contribution in [0, 0.1) is 0 Å². The van der Waals surface area contributed by atoms with Gasteiger partial charge in [-0.05, 0) is 12.8 Å². The molecule has 0 spiro atoms. The summed E-state index contributed by atoms with van der Waals surface area (Å²) in [6.45, 7) is 3.11. The number of hydrogen-bond acceptors (Lipinski definition) is 2. The highest BCUT2D eigenvalue weighted by molar-refractivity contribution is 7.49. The largest absolute Gasteiger partial charge is 0.480 e. The fraction of sp³-hybridized carbons (Fsp3) is 0.833. The third kappa shape index (κ3) is 3.44. The van der Waals surface area contributed by atoms with Gasteiger partial charge in [-0.15, -0.1) is 0 Å². The van der Waals surface area contributed by atoms with Crippen molar-refractivity contribution in [3.8, 4) is 0 Å². The average molecular weight is 211 g/mol. The Kier molecular flexibility index (Phi) is 4.06. The SMILES string of the molecule is CCC(CC)(NP(=O)(O)O)C(=O)O. The van der Waals surface area contributed by atoms with Gasteiger partial charge in [0.05, 0.1) is 0 Å². The minimum absolute atomic E-state index is 0.115. The van der Waals surface area contributed by atoms with Crippen LogP contribution < -0.4 is 5.09 Å². The summed E-state index contributed by atoms with van der Waals surface area (Å²) in [7, 11) is -4.51. The Morgan fingerprint density at radius 1 is 1.38 bits per heavy atom. The van der Waals surface area contributed by atoms with Crippen molar-refractivity contribution in [3.05, 3.63) is 0 Å². The second kappa shape index (κ2) is 4.19. The van der Waals surface area contributed by atoms with Gasteiger partial charge in [0.15, 0.2) is 0 Å². The molecule has 13 heavy (non-hydrogen) atoms. The lowest BCUT2D eigenvalue weighted by Crippen LogP contribution is -2.49. The number of carboxylic acid groups (broad SMARTS) is 1. The zero-order valence-electron chi connectivity index (χ0n) is 7.52. The Hall–Kier alpha value is -0.420. The minimum atomic E-state index is -4.51. The zero-order chi connectivity index (χ0) is 10.7. The van der Waals surface area contributed by atoms with Gasteiger partial charge in [-0.3, -0.25) is 4.79 Å². The van der Waals surface area contributed by atoms with Crippen LogP contribution in [0.4, 0.5) is 0 Å². The summed E-state index contributed by atoms with van der Waals surface area (Å²) in [4.78, 5) is 28.0. The van der Waals surface area contributed by atoms with Crippen LogP contribution in [0.1, 0.15) is 26.7 Å². The van der Waals surface area contributed by atoms with Crippen LogP contribution in [0.5, 0.6) is 0 Å². The summed E-state index contributed by atoms with van der Waals surface area (Å²) >= 11 is 0. The van der Waals surface area contributed by atoms with Gasteiger partial charge < -0.3 is 14.9 Å². The van der Waals surface area contributed by atoms with E-state index >= 15 is 0 Å². The molecule has 0 rings (SSSR count). The van der Waals surface area contributed by atoms with E-state index in [1.807, 2.05) is 5.09 Å². The molecule has 0 aliphatic heterocycles. The highest BCUT2D eigenvalue weighted by Crippen LogP contribution is 2.35. The van der Waals surface area contributed by atoms with Gasteiger partial charge >= 0.3 is 13.7 Å². The highest BCUT2D eigenvalue weighted by atomic mass is 31.2. The van der Waals surface area contributed by atoms with E-state index in [9.17, 15) is 9.36 Å². The van der Waals surface area contributed by atoms with E-state index in [0.29, 0.717) is 0 Å². The fourth-order valence-corrected chi connectivity index (χ4v) is 2.01. The van der Waals surface area contributed by atoms with Crippen LogP contribution in [-0.4, -0.2) is 26.4 Å². The molecule has 0 unspecified atom stereocenters. The zero-order valence-corrected chi connectivity index (χ0v) is 8.41. The van der Waals surface area contributed by atoms with Gasteiger partial charge in [0.25, 0.3) is 0 Å². The van der Waals surface area contributed by atoms with Crippen LogP contribution in [0.25, 0.3) is 0 Å². The maximum atomic E-state index is 10.8. The predicted octanol–water partition coefficient (Wildman–Crippen LogP) is 0.312. The van der Waals surface area contributed by atoms with E-state index in [4.69, 9.17) is 14.9 Å². The van der Waals surface area contributed by atoms with Crippen molar-refractivity contribution in [1.29, 1.82) is 0 Å². The van der Waals surface area contributed by atoms with Crippen molar-refractivity contribution in [2.24, 2.45) is 0 Å². The molecule has 6 nitrogen and oxygen atoms in total. The first kappa shape index (κ1) is 12.6. The van der Waals surface area contributed by atoms with E-state index in [2.05, 4.69) is 0 Å². The molecule has 0 heterocycles. The number of rotatable bonds is 5. The van der Waals surface area contributed by atoms with E-state index < -0.39 is 19.3 Å². The smallest absolute Gasteiger partial charge is 0.401 e. The van der Waals surface area contributed by atoms with Crippen molar-refractivity contribution in [2.75, 3.05) is 0 Å². The quantitative estimate of drug-likeness (QED) is 0.487. The number of aliphatic carboxylic acids is 1. The van der Waals surface area contributed by atoms with Gasteiger partial charge in [-0.25, -0.2) is 9.65 Å². The molecule has 0 amide bonds. The normalized spacial score (nSPS) is 12.9. The van der Waals surface area contributed by atoms with Gasteiger partial charge in [0, 0.05) is 0 Å². The molecule has 0 aromatic carbocycles. The number of carbonyl (C=O) groups is 1. The number of nitrogens with one attached hydrogen (secondary N) is 1. The van der Waals surface area contributed by atoms with E-state index in [1.165, 1.54) is 0 Å². The second-order valence-electron chi connectivity index (χ2n) is 2.75. The van der Waals surface area contributed by atoms with E-state index in [-0.39, 0.29) is 12.8 Å². The summed E-state index contributed by atoms with van der Waals surface area (Å²) in [5.41, 5.74) is -1.53. The Labute approximate surface area is 76.2 Å². The Morgan fingerprint density at radius 2 is 1.77 bits per heavy atom. The lowest BCUT2D eigenvalue weighted by atomic mass is 9.95. The molecule has 0 saturated heterocycles. The first-order chi connectivity index (χ1) is 5.77.